The zero-order chi connectivity index (χ0) is 14.8. The number of halogens is 1. The van der Waals surface area contributed by atoms with E-state index in [1.807, 2.05) is 13.0 Å². The molecule has 0 aromatic heterocycles. The molecule has 0 N–H and O–H groups in total. The van der Waals surface area contributed by atoms with Gasteiger partial charge in [-0.15, -0.1) is 0 Å². The minimum Gasteiger partial charge on any atom is -0.294 e. The maximum Gasteiger partial charge on any atom is 0.166 e. The van der Waals surface area contributed by atoms with Gasteiger partial charge in [0.15, 0.2) is 5.78 Å². The molecule has 106 valence electrons. The molecule has 0 aliphatic carbocycles. The van der Waals surface area contributed by atoms with E-state index in [9.17, 15) is 9.18 Å². The largest absolute Gasteiger partial charge is 0.294 e. The van der Waals surface area contributed by atoms with Crippen LogP contribution in [0.25, 0.3) is 0 Å². The number of ketones is 1. The molecule has 0 aliphatic heterocycles. The van der Waals surface area contributed by atoms with E-state index in [4.69, 9.17) is 0 Å². The number of rotatable bonds is 4. The molecule has 0 saturated carbocycles. The molecule has 1 unspecified atom stereocenters. The van der Waals surface area contributed by atoms with E-state index in [1.165, 1.54) is 6.07 Å². The van der Waals surface area contributed by atoms with Gasteiger partial charge in [0.2, 0.25) is 0 Å². The van der Waals surface area contributed by atoms with Crippen LogP contribution in [0.5, 0.6) is 0 Å². The fourth-order valence-corrected chi connectivity index (χ4v) is 2.80. The van der Waals surface area contributed by atoms with Crippen LogP contribution in [-0.2, 0) is 0 Å². The topological polar surface area (TPSA) is 17.1 Å². The normalized spacial score (nSPS) is 13.4. The van der Waals surface area contributed by atoms with Crippen molar-refractivity contribution in [3.8, 4) is 0 Å². The Balaban J connectivity index is 2.85. The molecule has 0 saturated heterocycles. The molecule has 1 nitrogen and oxygen atoms in total. The minimum atomic E-state index is -0.384. The second-order valence-corrected chi connectivity index (χ2v) is 6.94. The van der Waals surface area contributed by atoms with E-state index in [0.29, 0.717) is 6.42 Å². The zero-order valence-corrected chi connectivity index (χ0v) is 12.9. The summed E-state index contributed by atoms with van der Waals surface area (Å²) in [5.74, 6) is -0.190. The third-order valence-corrected chi connectivity index (χ3v) is 3.21. The van der Waals surface area contributed by atoms with Gasteiger partial charge < -0.3 is 0 Å². The van der Waals surface area contributed by atoms with Crippen LogP contribution in [0.15, 0.2) is 12.1 Å². The minimum absolute atomic E-state index is 0.0771. The smallest absolute Gasteiger partial charge is 0.166 e. The molecule has 0 fully saturated rings. The van der Waals surface area contributed by atoms with Crippen LogP contribution in [0.4, 0.5) is 4.39 Å². The fourth-order valence-electron chi connectivity index (χ4n) is 2.80. The first kappa shape index (κ1) is 15.9. The van der Waals surface area contributed by atoms with Crippen molar-refractivity contribution in [2.75, 3.05) is 0 Å². The van der Waals surface area contributed by atoms with Gasteiger partial charge in [-0.2, -0.15) is 0 Å². The number of hydrogen-bond acceptors (Lipinski definition) is 1. The Labute approximate surface area is 116 Å². The Morgan fingerprint density at radius 3 is 2.32 bits per heavy atom. The number of carbonyl (C=O) groups excluding carboxylic acids is 1. The van der Waals surface area contributed by atoms with Gasteiger partial charge in [0.1, 0.15) is 5.82 Å². The standard InChI is InChI=1S/C17H25FO/c1-11-7-13(3)16(14(18)8-11)15(19)9-12(2)10-17(4,5)6/h7-8,12H,9-10H2,1-6H3. The van der Waals surface area contributed by atoms with Gasteiger partial charge in [-0.25, -0.2) is 4.39 Å². The van der Waals surface area contributed by atoms with Crippen molar-refractivity contribution in [1.29, 1.82) is 0 Å². The van der Waals surface area contributed by atoms with Crippen molar-refractivity contribution in [1.82, 2.24) is 0 Å². The predicted octanol–water partition coefficient (Wildman–Crippen LogP) is 5.09. The van der Waals surface area contributed by atoms with Crippen molar-refractivity contribution in [3.05, 3.63) is 34.6 Å². The summed E-state index contributed by atoms with van der Waals surface area (Å²) >= 11 is 0. The number of aryl methyl sites for hydroxylation is 2. The number of Topliss-reactive ketones (excluding diaryl/α,β-unsaturated/α-hetero) is 1. The molecule has 1 aromatic rings. The number of hydrogen-bond donors (Lipinski definition) is 0. The van der Waals surface area contributed by atoms with E-state index in [1.54, 1.807) is 6.92 Å². The molecule has 0 bridgehead atoms. The molecule has 0 spiro atoms. The van der Waals surface area contributed by atoms with Crippen molar-refractivity contribution in [2.24, 2.45) is 11.3 Å². The van der Waals surface area contributed by atoms with E-state index < -0.39 is 0 Å². The molecule has 1 rings (SSSR count). The Morgan fingerprint density at radius 2 is 1.84 bits per heavy atom. The van der Waals surface area contributed by atoms with Gasteiger partial charge in [-0.3, -0.25) is 4.79 Å². The highest BCUT2D eigenvalue weighted by Gasteiger charge is 2.21. The van der Waals surface area contributed by atoms with E-state index in [-0.39, 0.29) is 28.5 Å². The molecule has 19 heavy (non-hydrogen) atoms. The maximum absolute atomic E-state index is 13.9. The van der Waals surface area contributed by atoms with Crippen molar-refractivity contribution in [2.45, 2.75) is 54.4 Å². The van der Waals surface area contributed by atoms with Gasteiger partial charge in [-0.1, -0.05) is 33.8 Å². The Kier molecular flexibility index (Phi) is 4.89. The Bertz CT molecular complexity index is 446. The van der Waals surface area contributed by atoms with Crippen molar-refractivity contribution in [3.63, 3.8) is 0 Å². The highest BCUT2D eigenvalue weighted by molar-refractivity contribution is 5.97. The summed E-state index contributed by atoms with van der Waals surface area (Å²) in [6.07, 6.45) is 1.38. The van der Waals surface area contributed by atoms with Crippen LogP contribution in [-0.4, -0.2) is 5.78 Å². The summed E-state index contributed by atoms with van der Waals surface area (Å²) in [4.78, 5) is 12.3. The first-order chi connectivity index (χ1) is 8.60. The summed E-state index contributed by atoms with van der Waals surface area (Å²) in [5, 5.41) is 0. The molecular weight excluding hydrogens is 239 g/mol. The Hall–Kier alpha value is -1.18. The van der Waals surface area contributed by atoms with Crippen LogP contribution >= 0.6 is 0 Å². The van der Waals surface area contributed by atoms with Crippen molar-refractivity contribution < 1.29 is 9.18 Å². The molecule has 0 amide bonds. The average Bonchev–Trinajstić information content (AvgIpc) is 2.10. The fraction of sp³-hybridized carbons (Fsp3) is 0.588. The van der Waals surface area contributed by atoms with Crippen LogP contribution in [0, 0.1) is 31.0 Å². The van der Waals surface area contributed by atoms with Gasteiger partial charge in [0.05, 0.1) is 5.56 Å². The molecule has 0 heterocycles. The lowest BCUT2D eigenvalue weighted by molar-refractivity contribution is 0.0949. The Morgan fingerprint density at radius 1 is 1.26 bits per heavy atom. The SMILES string of the molecule is Cc1cc(C)c(C(=O)CC(C)CC(C)(C)C)c(F)c1. The summed E-state index contributed by atoms with van der Waals surface area (Å²) in [6.45, 7) is 12.2. The summed E-state index contributed by atoms with van der Waals surface area (Å²) in [7, 11) is 0. The molecule has 0 aliphatic rings. The first-order valence-electron chi connectivity index (χ1n) is 6.90. The summed E-state index contributed by atoms with van der Waals surface area (Å²) < 4.78 is 13.9. The van der Waals surface area contributed by atoms with E-state index in [2.05, 4.69) is 27.7 Å². The lowest BCUT2D eigenvalue weighted by Crippen LogP contribution is -2.15. The number of carbonyl (C=O) groups is 1. The van der Waals surface area contributed by atoms with Gasteiger partial charge in [0, 0.05) is 6.42 Å². The highest BCUT2D eigenvalue weighted by Crippen LogP contribution is 2.28. The summed E-state index contributed by atoms with van der Waals surface area (Å²) in [6, 6.07) is 3.30. The first-order valence-corrected chi connectivity index (χ1v) is 6.90. The predicted molar refractivity (Wildman–Crippen MR) is 78.1 cm³/mol. The van der Waals surface area contributed by atoms with Crippen LogP contribution in [0.2, 0.25) is 0 Å². The lowest BCUT2D eigenvalue weighted by atomic mass is 9.82. The van der Waals surface area contributed by atoms with Crippen LogP contribution in [0.3, 0.4) is 0 Å². The third-order valence-electron chi connectivity index (χ3n) is 3.21. The highest BCUT2D eigenvalue weighted by atomic mass is 19.1. The second-order valence-electron chi connectivity index (χ2n) is 6.94. The average molecular weight is 264 g/mol. The van der Waals surface area contributed by atoms with E-state index in [0.717, 1.165) is 17.5 Å². The third kappa shape index (κ3) is 4.77. The van der Waals surface area contributed by atoms with Crippen LogP contribution in [0.1, 0.15) is 62.0 Å². The number of benzene rings is 1. The van der Waals surface area contributed by atoms with Crippen molar-refractivity contribution >= 4 is 5.78 Å². The van der Waals surface area contributed by atoms with E-state index >= 15 is 0 Å². The molecule has 1 aromatic carbocycles. The van der Waals surface area contributed by atoms with Gasteiger partial charge in [0.25, 0.3) is 0 Å². The maximum atomic E-state index is 13.9. The van der Waals surface area contributed by atoms with Gasteiger partial charge in [-0.05, 0) is 48.8 Å². The van der Waals surface area contributed by atoms with Gasteiger partial charge >= 0.3 is 0 Å². The lowest BCUT2D eigenvalue weighted by Gasteiger charge is -2.23. The zero-order valence-electron chi connectivity index (χ0n) is 12.9. The molecule has 2 heteroatoms. The second kappa shape index (κ2) is 5.85. The molecule has 0 radical (unpaired) electrons. The monoisotopic (exact) mass is 264 g/mol. The quantitative estimate of drug-likeness (QED) is 0.692. The molecule has 1 atom stereocenters. The van der Waals surface area contributed by atoms with Crippen LogP contribution < -0.4 is 0 Å². The summed E-state index contributed by atoms with van der Waals surface area (Å²) in [5.41, 5.74) is 2.06. The molecular formula is C17H25FO.